The second-order valence-corrected chi connectivity index (χ2v) is 2.68. The average Bonchev–Trinajstić information content (AvgIpc) is 2.18. The van der Waals surface area contributed by atoms with E-state index in [1.807, 2.05) is 0 Å². The molecule has 1 aromatic carbocycles. The van der Waals surface area contributed by atoms with Gasteiger partial charge < -0.3 is 4.74 Å². The molecule has 1 rings (SSSR count). The van der Waals surface area contributed by atoms with Crippen molar-refractivity contribution < 1.29 is 9.13 Å². The first-order valence-corrected chi connectivity index (χ1v) is 4.29. The van der Waals surface area contributed by atoms with Crippen molar-refractivity contribution in [1.82, 2.24) is 0 Å². The van der Waals surface area contributed by atoms with E-state index in [0.29, 0.717) is 5.75 Å². The van der Waals surface area contributed by atoms with E-state index in [9.17, 15) is 4.39 Å². The Kier molecular flexibility index (Phi) is 3.96. The molecular formula is C10H7ClFNO. The van der Waals surface area contributed by atoms with Gasteiger partial charge in [0.2, 0.25) is 0 Å². The summed E-state index contributed by atoms with van der Waals surface area (Å²) in [7, 11) is 0. The molecule has 0 saturated heterocycles. The van der Waals surface area contributed by atoms with E-state index in [0.717, 1.165) is 0 Å². The number of benzene rings is 1. The van der Waals surface area contributed by atoms with Gasteiger partial charge in [0.05, 0.1) is 5.56 Å². The predicted molar refractivity (Wildman–Crippen MR) is 51.6 cm³/mol. The van der Waals surface area contributed by atoms with Gasteiger partial charge in [-0.15, -0.1) is 0 Å². The quantitative estimate of drug-likeness (QED) is 0.770. The molecule has 0 aliphatic heterocycles. The summed E-state index contributed by atoms with van der Waals surface area (Å²) in [4.78, 5) is 0. The Balaban J connectivity index is 2.72. The highest BCUT2D eigenvalue weighted by Crippen LogP contribution is 2.15. The number of halogens is 2. The zero-order valence-electron chi connectivity index (χ0n) is 7.21. The number of rotatable bonds is 3. The SMILES string of the molecule is N#Cc1ccc(OC/C=C/Cl)cc1F. The van der Waals surface area contributed by atoms with Crippen LogP contribution in [0.4, 0.5) is 4.39 Å². The summed E-state index contributed by atoms with van der Waals surface area (Å²) < 4.78 is 18.1. The number of ether oxygens (including phenoxy) is 1. The number of nitrogens with zero attached hydrogens (tertiary/aromatic N) is 1. The van der Waals surface area contributed by atoms with Crippen LogP contribution in [-0.4, -0.2) is 6.61 Å². The van der Waals surface area contributed by atoms with Crippen molar-refractivity contribution in [2.45, 2.75) is 0 Å². The fourth-order valence-electron chi connectivity index (χ4n) is 0.857. The molecule has 0 N–H and O–H groups in total. The van der Waals surface area contributed by atoms with Crippen LogP contribution < -0.4 is 4.74 Å². The van der Waals surface area contributed by atoms with Gasteiger partial charge in [0.25, 0.3) is 0 Å². The molecule has 0 bridgehead atoms. The van der Waals surface area contributed by atoms with Crippen LogP contribution in [-0.2, 0) is 0 Å². The van der Waals surface area contributed by atoms with E-state index >= 15 is 0 Å². The lowest BCUT2D eigenvalue weighted by Gasteiger charge is -2.02. The van der Waals surface area contributed by atoms with Gasteiger partial charge in [-0.2, -0.15) is 5.26 Å². The van der Waals surface area contributed by atoms with Gasteiger partial charge in [-0.05, 0) is 18.2 Å². The van der Waals surface area contributed by atoms with E-state index in [4.69, 9.17) is 21.6 Å². The Hall–Kier alpha value is -1.53. The maximum Gasteiger partial charge on any atom is 0.144 e. The molecule has 2 nitrogen and oxygen atoms in total. The second kappa shape index (κ2) is 5.25. The van der Waals surface area contributed by atoms with Crippen LogP contribution in [0, 0.1) is 17.1 Å². The van der Waals surface area contributed by atoms with E-state index in [1.54, 1.807) is 12.1 Å². The van der Waals surface area contributed by atoms with Gasteiger partial charge >= 0.3 is 0 Å². The highest BCUT2D eigenvalue weighted by Gasteiger charge is 2.02. The smallest absolute Gasteiger partial charge is 0.144 e. The Morgan fingerprint density at radius 1 is 1.57 bits per heavy atom. The minimum atomic E-state index is -0.583. The normalized spacial score (nSPS) is 10.1. The maximum absolute atomic E-state index is 13.0. The van der Waals surface area contributed by atoms with E-state index < -0.39 is 5.82 Å². The summed E-state index contributed by atoms with van der Waals surface area (Å²) in [6, 6.07) is 5.79. The Morgan fingerprint density at radius 3 is 2.93 bits per heavy atom. The van der Waals surface area contributed by atoms with Gasteiger partial charge in [-0.1, -0.05) is 11.6 Å². The van der Waals surface area contributed by atoms with Crippen molar-refractivity contribution >= 4 is 11.6 Å². The first-order valence-electron chi connectivity index (χ1n) is 3.85. The zero-order chi connectivity index (χ0) is 10.4. The molecule has 0 atom stereocenters. The monoisotopic (exact) mass is 211 g/mol. The first kappa shape index (κ1) is 10.6. The molecule has 0 aliphatic rings. The molecule has 1 aromatic rings. The number of nitriles is 1. The lowest BCUT2D eigenvalue weighted by Crippen LogP contribution is -1.94. The standard InChI is InChI=1S/C10H7ClFNO/c11-4-1-5-14-9-3-2-8(7-13)10(12)6-9/h1-4,6H,5H2/b4-1+. The summed E-state index contributed by atoms with van der Waals surface area (Å²) in [6.45, 7) is 0.273. The molecular weight excluding hydrogens is 205 g/mol. The molecule has 4 heteroatoms. The molecule has 0 unspecified atom stereocenters. The molecule has 0 aromatic heterocycles. The number of hydrogen-bond acceptors (Lipinski definition) is 2. The topological polar surface area (TPSA) is 33.0 Å². The average molecular weight is 212 g/mol. The lowest BCUT2D eigenvalue weighted by atomic mass is 10.2. The molecule has 14 heavy (non-hydrogen) atoms. The van der Waals surface area contributed by atoms with Gasteiger partial charge in [-0.3, -0.25) is 0 Å². The van der Waals surface area contributed by atoms with Gasteiger partial charge in [-0.25, -0.2) is 4.39 Å². The summed E-state index contributed by atoms with van der Waals surface area (Å²) in [5.41, 5.74) is 1.32. The van der Waals surface area contributed by atoms with Crippen LogP contribution >= 0.6 is 11.6 Å². The lowest BCUT2D eigenvalue weighted by molar-refractivity contribution is 0.360. The van der Waals surface area contributed by atoms with Crippen LogP contribution in [0.25, 0.3) is 0 Å². The Labute approximate surface area is 86.2 Å². The van der Waals surface area contributed by atoms with Gasteiger partial charge in [0.1, 0.15) is 24.2 Å². The fraction of sp³-hybridized carbons (Fsp3) is 0.100. The summed E-state index contributed by atoms with van der Waals surface area (Å²) in [5, 5.41) is 8.46. The minimum Gasteiger partial charge on any atom is -0.489 e. The highest BCUT2D eigenvalue weighted by molar-refractivity contribution is 6.25. The van der Waals surface area contributed by atoms with Crippen molar-refractivity contribution in [3.8, 4) is 11.8 Å². The summed E-state index contributed by atoms with van der Waals surface area (Å²) in [6.07, 6.45) is 1.58. The third kappa shape index (κ3) is 2.75. The van der Waals surface area contributed by atoms with Crippen molar-refractivity contribution in [1.29, 1.82) is 5.26 Å². The van der Waals surface area contributed by atoms with Crippen LogP contribution in [0.3, 0.4) is 0 Å². The van der Waals surface area contributed by atoms with Crippen molar-refractivity contribution in [3.05, 3.63) is 41.2 Å². The van der Waals surface area contributed by atoms with Gasteiger partial charge in [0.15, 0.2) is 0 Å². The molecule has 0 spiro atoms. The van der Waals surface area contributed by atoms with Crippen molar-refractivity contribution in [3.63, 3.8) is 0 Å². The Morgan fingerprint density at radius 2 is 2.36 bits per heavy atom. The van der Waals surface area contributed by atoms with E-state index in [-0.39, 0.29) is 12.2 Å². The Bertz CT molecular complexity index is 384. The van der Waals surface area contributed by atoms with Crippen molar-refractivity contribution in [2.24, 2.45) is 0 Å². The molecule has 0 fully saturated rings. The molecule has 72 valence electrons. The van der Waals surface area contributed by atoms with Crippen LogP contribution in [0.2, 0.25) is 0 Å². The maximum atomic E-state index is 13.0. The largest absolute Gasteiger partial charge is 0.489 e. The summed E-state index contributed by atoms with van der Waals surface area (Å²) >= 11 is 5.27. The van der Waals surface area contributed by atoms with Crippen LogP contribution in [0.5, 0.6) is 5.75 Å². The highest BCUT2D eigenvalue weighted by atomic mass is 35.5. The molecule has 0 amide bonds. The van der Waals surface area contributed by atoms with Crippen LogP contribution in [0.1, 0.15) is 5.56 Å². The molecule has 0 aliphatic carbocycles. The van der Waals surface area contributed by atoms with E-state index in [1.165, 1.54) is 23.7 Å². The van der Waals surface area contributed by atoms with Gasteiger partial charge in [0, 0.05) is 11.6 Å². The molecule has 0 saturated carbocycles. The van der Waals surface area contributed by atoms with Crippen molar-refractivity contribution in [2.75, 3.05) is 6.61 Å². The third-order valence-electron chi connectivity index (χ3n) is 1.50. The third-order valence-corrected chi connectivity index (χ3v) is 1.67. The molecule has 0 radical (unpaired) electrons. The fourth-order valence-corrected chi connectivity index (χ4v) is 0.930. The second-order valence-electron chi connectivity index (χ2n) is 2.43. The zero-order valence-corrected chi connectivity index (χ0v) is 7.96. The first-order chi connectivity index (χ1) is 6.77. The summed E-state index contributed by atoms with van der Waals surface area (Å²) in [5.74, 6) is -0.212. The van der Waals surface area contributed by atoms with Crippen LogP contribution in [0.15, 0.2) is 29.8 Å². The minimum absolute atomic E-state index is 0.00485. The number of hydrogen-bond donors (Lipinski definition) is 0. The molecule has 0 heterocycles. The predicted octanol–water partition coefficient (Wildman–Crippen LogP) is 2.83. The van der Waals surface area contributed by atoms with E-state index in [2.05, 4.69) is 0 Å².